The number of para-hydroxylation sites is 1. The number of aliphatic hydroxyl groups is 1. The highest BCUT2D eigenvalue weighted by Crippen LogP contribution is 2.22. The van der Waals surface area contributed by atoms with Gasteiger partial charge in [-0.2, -0.15) is 0 Å². The highest BCUT2D eigenvalue weighted by molar-refractivity contribution is 5.35. The molecule has 1 aliphatic heterocycles. The third-order valence-electron chi connectivity index (χ3n) is 5.14. The van der Waals surface area contributed by atoms with Crippen LogP contribution in [0.4, 0.5) is 0 Å². The lowest BCUT2D eigenvalue weighted by atomic mass is 10.0. The third-order valence-corrected chi connectivity index (χ3v) is 5.14. The molecule has 2 aromatic rings. The fourth-order valence-corrected chi connectivity index (χ4v) is 3.64. The molecule has 3 rings (SSSR count). The average Bonchev–Trinajstić information content (AvgIpc) is 2.72. The number of aliphatic hydroxyl groups excluding tert-OH is 1. The van der Waals surface area contributed by atoms with Gasteiger partial charge in [-0.05, 0) is 68.1 Å². The molecule has 2 aromatic carbocycles. The monoisotopic (exact) mass is 369 g/mol. The number of rotatable bonds is 9. The van der Waals surface area contributed by atoms with Gasteiger partial charge in [0.1, 0.15) is 24.2 Å². The highest BCUT2D eigenvalue weighted by atomic mass is 16.5. The zero-order valence-corrected chi connectivity index (χ0v) is 16.3. The summed E-state index contributed by atoms with van der Waals surface area (Å²) in [4.78, 5) is 2.34. The predicted molar refractivity (Wildman–Crippen MR) is 109 cm³/mol. The Morgan fingerprint density at radius 2 is 1.81 bits per heavy atom. The van der Waals surface area contributed by atoms with E-state index >= 15 is 0 Å². The number of likely N-dealkylation sites (tertiary alicyclic amines) is 1. The molecule has 0 aliphatic carbocycles. The molecule has 1 aliphatic rings. The molecule has 1 heterocycles. The molecule has 0 saturated carbocycles. The number of methoxy groups -OCH3 is 1. The van der Waals surface area contributed by atoms with Crippen LogP contribution in [0.15, 0.2) is 48.5 Å². The largest absolute Gasteiger partial charge is 0.497 e. The molecule has 4 nitrogen and oxygen atoms in total. The lowest BCUT2D eigenvalue weighted by Gasteiger charge is -2.28. The summed E-state index contributed by atoms with van der Waals surface area (Å²) < 4.78 is 11.3. The first kappa shape index (κ1) is 19.7. The van der Waals surface area contributed by atoms with Crippen molar-refractivity contribution in [3.63, 3.8) is 0 Å². The number of hydrogen-bond acceptors (Lipinski definition) is 4. The van der Waals surface area contributed by atoms with E-state index in [1.807, 2.05) is 30.3 Å². The summed E-state index contributed by atoms with van der Waals surface area (Å²) >= 11 is 0. The van der Waals surface area contributed by atoms with Gasteiger partial charge in [-0.3, -0.25) is 0 Å². The van der Waals surface area contributed by atoms with E-state index in [2.05, 4.69) is 23.1 Å². The summed E-state index contributed by atoms with van der Waals surface area (Å²) in [5, 5.41) is 10.3. The molecule has 4 heteroatoms. The SMILES string of the molecule is COc1cccc(CCc2ccccc2OC[C@H](O)CN2CCCCC2)c1. The van der Waals surface area contributed by atoms with E-state index in [9.17, 15) is 5.11 Å². The van der Waals surface area contributed by atoms with Crippen LogP contribution >= 0.6 is 0 Å². The Morgan fingerprint density at radius 3 is 2.63 bits per heavy atom. The van der Waals surface area contributed by atoms with E-state index < -0.39 is 6.10 Å². The second-order valence-electron chi connectivity index (χ2n) is 7.29. The van der Waals surface area contributed by atoms with E-state index in [1.54, 1.807) is 7.11 Å². The van der Waals surface area contributed by atoms with Gasteiger partial charge in [0.25, 0.3) is 0 Å². The third kappa shape index (κ3) is 6.26. The molecule has 27 heavy (non-hydrogen) atoms. The summed E-state index contributed by atoms with van der Waals surface area (Å²) in [5.41, 5.74) is 2.42. The highest BCUT2D eigenvalue weighted by Gasteiger charge is 2.15. The van der Waals surface area contributed by atoms with Crippen LogP contribution in [-0.4, -0.2) is 49.5 Å². The average molecular weight is 370 g/mol. The maximum absolute atomic E-state index is 10.3. The van der Waals surface area contributed by atoms with Crippen LogP contribution in [0, 0.1) is 0 Å². The van der Waals surface area contributed by atoms with Crippen LogP contribution in [-0.2, 0) is 12.8 Å². The van der Waals surface area contributed by atoms with Crippen LogP contribution in [0.25, 0.3) is 0 Å². The van der Waals surface area contributed by atoms with E-state index in [0.717, 1.165) is 37.4 Å². The number of hydrogen-bond donors (Lipinski definition) is 1. The molecule has 0 aromatic heterocycles. The quantitative estimate of drug-likeness (QED) is 0.732. The van der Waals surface area contributed by atoms with Crippen molar-refractivity contribution in [2.75, 3.05) is 33.4 Å². The zero-order chi connectivity index (χ0) is 18.9. The second-order valence-corrected chi connectivity index (χ2v) is 7.29. The minimum absolute atomic E-state index is 0.340. The maximum atomic E-state index is 10.3. The van der Waals surface area contributed by atoms with E-state index in [-0.39, 0.29) is 0 Å². The van der Waals surface area contributed by atoms with Gasteiger partial charge in [-0.25, -0.2) is 0 Å². The van der Waals surface area contributed by atoms with Gasteiger partial charge >= 0.3 is 0 Å². The summed E-state index contributed by atoms with van der Waals surface area (Å²) in [5.74, 6) is 1.76. The number of β-amino-alcohol motifs (C(OH)–C–C–N with tert-alkyl or cyclic N) is 1. The van der Waals surface area contributed by atoms with Crippen molar-refractivity contribution in [1.82, 2.24) is 4.90 Å². The number of benzene rings is 2. The molecule has 146 valence electrons. The van der Waals surface area contributed by atoms with E-state index in [0.29, 0.717) is 13.2 Å². The zero-order valence-electron chi connectivity index (χ0n) is 16.3. The van der Waals surface area contributed by atoms with Crippen LogP contribution in [0.2, 0.25) is 0 Å². The molecule has 1 saturated heterocycles. The van der Waals surface area contributed by atoms with Crippen LogP contribution in [0.1, 0.15) is 30.4 Å². The van der Waals surface area contributed by atoms with Gasteiger partial charge in [-0.1, -0.05) is 36.8 Å². The first-order chi connectivity index (χ1) is 13.2. The summed E-state index contributed by atoms with van der Waals surface area (Å²) in [7, 11) is 1.69. The number of nitrogens with zero attached hydrogens (tertiary/aromatic N) is 1. The van der Waals surface area contributed by atoms with Crippen LogP contribution in [0.5, 0.6) is 11.5 Å². The van der Waals surface area contributed by atoms with Crippen molar-refractivity contribution in [2.24, 2.45) is 0 Å². The van der Waals surface area contributed by atoms with Gasteiger partial charge in [0.05, 0.1) is 7.11 Å². The number of aryl methyl sites for hydroxylation is 2. The Morgan fingerprint density at radius 1 is 1.00 bits per heavy atom. The first-order valence-electron chi connectivity index (χ1n) is 9.98. The molecule has 0 bridgehead atoms. The fourth-order valence-electron chi connectivity index (χ4n) is 3.64. The number of ether oxygens (including phenoxy) is 2. The van der Waals surface area contributed by atoms with Gasteiger partial charge in [0.15, 0.2) is 0 Å². The second kappa shape index (κ2) is 10.3. The van der Waals surface area contributed by atoms with Crippen molar-refractivity contribution in [3.8, 4) is 11.5 Å². The summed E-state index contributed by atoms with van der Waals surface area (Å²) in [6, 6.07) is 16.3. The topological polar surface area (TPSA) is 41.9 Å². The van der Waals surface area contributed by atoms with Crippen LogP contribution < -0.4 is 9.47 Å². The van der Waals surface area contributed by atoms with E-state index in [4.69, 9.17) is 9.47 Å². The molecule has 1 fully saturated rings. The summed E-state index contributed by atoms with van der Waals surface area (Å²) in [6.07, 6.45) is 5.15. The summed E-state index contributed by atoms with van der Waals surface area (Å²) in [6.45, 7) is 3.22. The van der Waals surface area contributed by atoms with E-state index in [1.165, 1.54) is 30.4 Å². The van der Waals surface area contributed by atoms with Crippen molar-refractivity contribution >= 4 is 0 Å². The van der Waals surface area contributed by atoms with Gasteiger partial charge < -0.3 is 19.5 Å². The van der Waals surface area contributed by atoms with Gasteiger partial charge in [0, 0.05) is 6.54 Å². The lowest BCUT2D eigenvalue weighted by molar-refractivity contribution is 0.0614. The van der Waals surface area contributed by atoms with Crippen molar-refractivity contribution in [3.05, 3.63) is 59.7 Å². The van der Waals surface area contributed by atoms with Crippen molar-refractivity contribution in [2.45, 2.75) is 38.2 Å². The van der Waals surface area contributed by atoms with Crippen molar-refractivity contribution < 1.29 is 14.6 Å². The Hall–Kier alpha value is -2.04. The first-order valence-corrected chi connectivity index (χ1v) is 9.98. The Balaban J connectivity index is 1.52. The molecule has 0 amide bonds. The molecule has 0 unspecified atom stereocenters. The Kier molecular flexibility index (Phi) is 7.55. The minimum atomic E-state index is -0.449. The Labute approximate surface area is 162 Å². The smallest absolute Gasteiger partial charge is 0.122 e. The molecular weight excluding hydrogens is 338 g/mol. The molecular formula is C23H31NO3. The standard InChI is InChI=1S/C23H31NO3/c1-26-22-10-7-8-19(16-22)12-13-20-9-3-4-11-23(20)27-18-21(25)17-24-14-5-2-6-15-24/h3-4,7-11,16,21,25H,2,5-6,12-15,17-18H2,1H3/t21-/m1/s1. The lowest BCUT2D eigenvalue weighted by Crippen LogP contribution is -2.38. The molecule has 0 spiro atoms. The molecule has 1 atom stereocenters. The predicted octanol–water partition coefficient (Wildman–Crippen LogP) is 3.71. The minimum Gasteiger partial charge on any atom is -0.497 e. The fraction of sp³-hybridized carbons (Fsp3) is 0.478. The Bertz CT molecular complexity index is 698. The molecule has 1 N–H and O–H groups in total. The maximum Gasteiger partial charge on any atom is 0.122 e. The number of piperidine rings is 1. The normalized spacial score (nSPS) is 16.1. The molecule has 0 radical (unpaired) electrons. The van der Waals surface area contributed by atoms with Gasteiger partial charge in [0.2, 0.25) is 0 Å². The van der Waals surface area contributed by atoms with Crippen molar-refractivity contribution in [1.29, 1.82) is 0 Å². The van der Waals surface area contributed by atoms with Crippen LogP contribution in [0.3, 0.4) is 0 Å². The van der Waals surface area contributed by atoms with Gasteiger partial charge in [-0.15, -0.1) is 0 Å².